The van der Waals surface area contributed by atoms with Gasteiger partial charge in [-0.3, -0.25) is 4.99 Å². The number of guanidine groups is 1. The Bertz CT molecular complexity index is 953. The summed E-state index contributed by atoms with van der Waals surface area (Å²) < 4.78 is 31.5. The summed E-state index contributed by atoms with van der Waals surface area (Å²) >= 11 is 0. The van der Waals surface area contributed by atoms with E-state index in [1.165, 1.54) is 21.7 Å². The monoisotopic (exact) mass is 448 g/mol. The summed E-state index contributed by atoms with van der Waals surface area (Å²) in [5.41, 5.74) is 2.90. The van der Waals surface area contributed by atoms with Crippen LogP contribution in [0.25, 0.3) is 0 Å². The summed E-state index contributed by atoms with van der Waals surface area (Å²) in [4.78, 5) is 8.75. The Hall–Kier alpha value is -2.43. The fourth-order valence-corrected chi connectivity index (χ4v) is 4.97. The number of rotatable bonds is 8. The van der Waals surface area contributed by atoms with Gasteiger partial charge in [0.2, 0.25) is 10.0 Å². The lowest BCUT2D eigenvalue weighted by Gasteiger charge is -2.35. The second kappa shape index (κ2) is 10.7. The highest BCUT2D eigenvalue weighted by molar-refractivity contribution is 7.88. The van der Waals surface area contributed by atoms with Crippen LogP contribution in [0.2, 0.25) is 0 Å². The van der Waals surface area contributed by atoms with Crippen molar-refractivity contribution in [3.8, 4) is 0 Å². The number of benzene rings is 1. The van der Waals surface area contributed by atoms with Gasteiger partial charge in [-0.15, -0.1) is 0 Å². The number of aromatic nitrogens is 1. The van der Waals surface area contributed by atoms with Crippen LogP contribution in [0.5, 0.6) is 0 Å². The van der Waals surface area contributed by atoms with Crippen molar-refractivity contribution >= 4 is 16.0 Å². The maximum absolute atomic E-state index is 12.6. The van der Waals surface area contributed by atoms with Crippen molar-refractivity contribution in [2.75, 3.05) is 46.8 Å². The van der Waals surface area contributed by atoms with E-state index in [9.17, 15) is 8.42 Å². The van der Waals surface area contributed by atoms with Crippen molar-refractivity contribution in [3.05, 3.63) is 53.4 Å². The molecule has 1 aromatic heterocycles. The predicted molar refractivity (Wildman–Crippen MR) is 121 cm³/mol. The van der Waals surface area contributed by atoms with Crippen molar-refractivity contribution in [3.63, 3.8) is 0 Å². The molecule has 1 aliphatic heterocycles. The van der Waals surface area contributed by atoms with Crippen LogP contribution in [0, 0.1) is 0 Å². The fourth-order valence-electron chi connectivity index (χ4n) is 3.54. The van der Waals surface area contributed by atoms with Crippen molar-refractivity contribution in [1.29, 1.82) is 0 Å². The molecule has 0 atom stereocenters. The number of nitrogens with zero attached hydrogens (tertiary/aromatic N) is 5. The molecule has 0 bridgehead atoms. The van der Waals surface area contributed by atoms with Gasteiger partial charge in [-0.1, -0.05) is 36.3 Å². The van der Waals surface area contributed by atoms with Gasteiger partial charge < -0.3 is 19.6 Å². The molecule has 2 aromatic rings. The minimum Gasteiger partial charge on any atom is -0.364 e. The van der Waals surface area contributed by atoms with Gasteiger partial charge in [-0.05, 0) is 24.7 Å². The molecule has 0 unspecified atom stereocenters. The summed E-state index contributed by atoms with van der Waals surface area (Å²) in [7, 11) is 0.448. The van der Waals surface area contributed by atoms with E-state index < -0.39 is 10.0 Å². The van der Waals surface area contributed by atoms with E-state index in [-0.39, 0.29) is 5.75 Å². The van der Waals surface area contributed by atoms with Gasteiger partial charge in [0.15, 0.2) is 5.96 Å². The van der Waals surface area contributed by atoms with E-state index in [1.807, 2.05) is 0 Å². The molecule has 31 heavy (non-hydrogen) atoms. The van der Waals surface area contributed by atoms with Gasteiger partial charge in [-0.25, -0.2) is 8.42 Å². The SMILES string of the molecule is CCN(C)Cc1cccc(CNC(=NC)N2CCN(S(=O)(=O)Cc3ccon3)CC2)c1. The normalized spacial score (nSPS) is 16.1. The van der Waals surface area contributed by atoms with Crippen LogP contribution in [0.3, 0.4) is 0 Å². The zero-order chi connectivity index (χ0) is 22.3. The quantitative estimate of drug-likeness (QED) is 0.481. The maximum Gasteiger partial charge on any atom is 0.220 e. The molecule has 0 spiro atoms. The highest BCUT2D eigenvalue weighted by Gasteiger charge is 2.28. The summed E-state index contributed by atoms with van der Waals surface area (Å²) in [6.45, 7) is 6.74. The van der Waals surface area contributed by atoms with Crippen LogP contribution in [0.15, 0.2) is 46.1 Å². The van der Waals surface area contributed by atoms with Crippen LogP contribution in [0.4, 0.5) is 0 Å². The Balaban J connectivity index is 1.52. The highest BCUT2D eigenvalue weighted by atomic mass is 32.2. The smallest absolute Gasteiger partial charge is 0.220 e. The zero-order valence-electron chi connectivity index (χ0n) is 18.5. The zero-order valence-corrected chi connectivity index (χ0v) is 19.3. The van der Waals surface area contributed by atoms with E-state index in [2.05, 4.69) is 63.5 Å². The summed E-state index contributed by atoms with van der Waals surface area (Å²) in [5.74, 6) is 0.643. The number of piperazine rings is 1. The molecule has 170 valence electrons. The lowest BCUT2D eigenvalue weighted by molar-refractivity contribution is 0.259. The molecule has 0 radical (unpaired) electrons. The number of hydrogen-bond acceptors (Lipinski definition) is 6. The number of sulfonamides is 1. The van der Waals surface area contributed by atoms with E-state index in [4.69, 9.17) is 4.52 Å². The molecule has 0 aliphatic carbocycles. The summed E-state index contributed by atoms with van der Waals surface area (Å²) in [6.07, 6.45) is 1.39. The third-order valence-electron chi connectivity index (χ3n) is 5.40. The lowest BCUT2D eigenvalue weighted by atomic mass is 10.1. The molecule has 1 aliphatic rings. The van der Waals surface area contributed by atoms with Crippen LogP contribution in [-0.4, -0.2) is 80.5 Å². The molecule has 10 heteroatoms. The predicted octanol–water partition coefficient (Wildman–Crippen LogP) is 1.35. The number of aliphatic imine (C=N–C) groups is 1. The Kier molecular flexibility index (Phi) is 8.05. The van der Waals surface area contributed by atoms with Gasteiger partial charge in [0.1, 0.15) is 12.0 Å². The molecule has 0 amide bonds. The van der Waals surface area contributed by atoms with Gasteiger partial charge in [0.05, 0.1) is 5.69 Å². The van der Waals surface area contributed by atoms with Crippen LogP contribution >= 0.6 is 0 Å². The second-order valence-electron chi connectivity index (χ2n) is 7.68. The molecule has 9 nitrogen and oxygen atoms in total. The maximum atomic E-state index is 12.6. The molecule has 0 saturated carbocycles. The molecular weight excluding hydrogens is 416 g/mol. The minimum absolute atomic E-state index is 0.139. The van der Waals surface area contributed by atoms with E-state index >= 15 is 0 Å². The molecule has 1 aromatic carbocycles. The summed E-state index contributed by atoms with van der Waals surface area (Å²) in [5, 5.41) is 7.12. The highest BCUT2D eigenvalue weighted by Crippen LogP contribution is 2.13. The average molecular weight is 449 g/mol. The average Bonchev–Trinajstić information content (AvgIpc) is 3.27. The Morgan fingerprint density at radius 2 is 1.97 bits per heavy atom. The third kappa shape index (κ3) is 6.52. The van der Waals surface area contributed by atoms with Crippen molar-refractivity contribution < 1.29 is 12.9 Å². The van der Waals surface area contributed by atoms with Gasteiger partial charge in [0, 0.05) is 52.4 Å². The first-order chi connectivity index (χ1) is 14.9. The van der Waals surface area contributed by atoms with E-state index in [0.717, 1.165) is 19.0 Å². The van der Waals surface area contributed by atoms with Gasteiger partial charge >= 0.3 is 0 Å². The largest absolute Gasteiger partial charge is 0.364 e. The molecule has 1 saturated heterocycles. The van der Waals surface area contributed by atoms with Gasteiger partial charge in [0.25, 0.3) is 0 Å². The number of hydrogen-bond donors (Lipinski definition) is 1. The number of nitrogens with one attached hydrogen (secondary N) is 1. The molecule has 1 fully saturated rings. The van der Waals surface area contributed by atoms with Gasteiger partial charge in [-0.2, -0.15) is 4.31 Å². The van der Waals surface area contributed by atoms with Crippen LogP contribution in [-0.2, 0) is 28.9 Å². The molecule has 1 N–H and O–H groups in total. The second-order valence-corrected chi connectivity index (χ2v) is 9.65. The third-order valence-corrected chi connectivity index (χ3v) is 7.21. The first-order valence-electron chi connectivity index (χ1n) is 10.5. The fraction of sp³-hybridized carbons (Fsp3) is 0.524. The topological polar surface area (TPSA) is 94.3 Å². The van der Waals surface area contributed by atoms with Crippen molar-refractivity contribution in [2.45, 2.75) is 25.8 Å². The van der Waals surface area contributed by atoms with Crippen LogP contribution in [0.1, 0.15) is 23.7 Å². The van der Waals surface area contributed by atoms with E-state index in [1.54, 1.807) is 13.1 Å². The lowest BCUT2D eigenvalue weighted by Crippen LogP contribution is -2.53. The van der Waals surface area contributed by atoms with Crippen molar-refractivity contribution in [1.82, 2.24) is 24.6 Å². The minimum atomic E-state index is -3.41. The Labute approximate surface area is 184 Å². The van der Waals surface area contributed by atoms with Crippen molar-refractivity contribution in [2.24, 2.45) is 4.99 Å². The molecule has 3 rings (SSSR count). The first-order valence-corrected chi connectivity index (χ1v) is 12.1. The molecule has 2 heterocycles. The standard InChI is InChI=1S/C21H32N6O3S/c1-4-25(3)16-19-7-5-6-18(14-19)15-23-21(22-2)26-9-11-27(12-10-26)31(28,29)17-20-8-13-30-24-20/h5-8,13-14H,4,9-12,15-17H2,1-3H3,(H,22,23). The summed E-state index contributed by atoms with van der Waals surface area (Å²) in [6, 6.07) is 10.1. The molecular formula is C21H32N6O3S. The van der Waals surface area contributed by atoms with Crippen LogP contribution < -0.4 is 5.32 Å². The Morgan fingerprint density at radius 1 is 1.23 bits per heavy atom. The van der Waals surface area contributed by atoms with E-state index in [0.29, 0.717) is 38.4 Å². The first kappa shape index (κ1) is 23.2. The Morgan fingerprint density at radius 3 is 2.61 bits per heavy atom.